The van der Waals surface area contributed by atoms with Gasteiger partial charge in [0.05, 0.1) is 10.6 Å². The van der Waals surface area contributed by atoms with Crippen molar-refractivity contribution < 1.29 is 18.0 Å². The first-order valence-corrected chi connectivity index (χ1v) is 12.5. The van der Waals surface area contributed by atoms with Crippen molar-refractivity contribution in [2.24, 2.45) is 5.92 Å². The number of nitrogens with two attached hydrogens (primary N) is 1. The lowest BCUT2D eigenvalue weighted by Gasteiger charge is -2.26. The summed E-state index contributed by atoms with van der Waals surface area (Å²) in [5.41, 5.74) is 3.82. The van der Waals surface area contributed by atoms with Gasteiger partial charge < -0.3 is 10.6 Å². The number of alkyl halides is 3. The van der Waals surface area contributed by atoms with Crippen LogP contribution in [-0.2, 0) is 17.5 Å². The van der Waals surface area contributed by atoms with Gasteiger partial charge in [0.1, 0.15) is 10.8 Å². The van der Waals surface area contributed by atoms with Crippen molar-refractivity contribution in [1.82, 2.24) is 14.5 Å². The number of nitrogen functional groups attached to an aromatic ring is 1. The van der Waals surface area contributed by atoms with Crippen molar-refractivity contribution in [2.45, 2.75) is 64.2 Å². The molecule has 1 amide bonds. The van der Waals surface area contributed by atoms with E-state index < -0.39 is 23.0 Å². The lowest BCUT2D eigenvalue weighted by molar-refractivity contribution is -0.137. The highest BCUT2D eigenvalue weighted by Gasteiger charge is 2.31. The first-order chi connectivity index (χ1) is 16.4. The molecule has 13 heteroatoms. The van der Waals surface area contributed by atoms with Crippen LogP contribution in [0.1, 0.15) is 52.0 Å². The standard InChI is InChI=1S/C22H29ClF3N5O3S/c1-4-5-8-30-18(27)17(19(33)29-21(30)34)31(12-13(2)3)16(32)7-6-9-35-20-15(23)10-14(11-28-20)22(24,25)26/h10-11,13H,4-9,12,27H2,1-3H3,(H,29,33,34). The molecule has 0 aromatic carbocycles. The number of unbranched alkanes of at least 4 members (excludes halogenated alkanes) is 1. The Morgan fingerprint density at radius 3 is 2.57 bits per heavy atom. The SMILES string of the molecule is CCCCn1c(N)c(N(CC(C)C)C(=O)CCCSc2ncc(C(F)(F)F)cc2Cl)c(=O)[nH]c1=O. The number of nitrogens with zero attached hydrogens (tertiary/aromatic N) is 3. The van der Waals surface area contributed by atoms with Gasteiger partial charge in [-0.25, -0.2) is 9.78 Å². The summed E-state index contributed by atoms with van der Waals surface area (Å²) in [6, 6.07) is 0.814. The predicted molar refractivity (Wildman–Crippen MR) is 132 cm³/mol. The number of carbonyl (C=O) groups is 1. The Balaban J connectivity index is 2.15. The Hall–Kier alpha value is -2.47. The third-order valence-electron chi connectivity index (χ3n) is 4.98. The summed E-state index contributed by atoms with van der Waals surface area (Å²) in [5, 5.41) is 0.112. The molecule has 2 aromatic rings. The molecule has 0 aliphatic rings. The molecule has 2 heterocycles. The second kappa shape index (κ2) is 12.5. The molecule has 0 aliphatic heterocycles. The molecular weight excluding hydrogens is 507 g/mol. The van der Waals surface area contributed by atoms with Gasteiger partial charge >= 0.3 is 11.9 Å². The van der Waals surface area contributed by atoms with E-state index in [2.05, 4.69) is 9.97 Å². The Morgan fingerprint density at radius 1 is 1.31 bits per heavy atom. The summed E-state index contributed by atoms with van der Waals surface area (Å²) in [7, 11) is 0. The first kappa shape index (κ1) is 28.8. The minimum absolute atomic E-state index is 0.0123. The maximum absolute atomic E-state index is 13.1. The van der Waals surface area contributed by atoms with Crippen molar-refractivity contribution in [3.8, 4) is 0 Å². The van der Waals surface area contributed by atoms with Crippen molar-refractivity contribution >= 4 is 40.8 Å². The van der Waals surface area contributed by atoms with Crippen LogP contribution in [0.4, 0.5) is 24.7 Å². The number of aromatic amines is 1. The lowest BCUT2D eigenvalue weighted by Crippen LogP contribution is -2.42. The van der Waals surface area contributed by atoms with Gasteiger partial charge in [-0.3, -0.25) is 19.1 Å². The average Bonchev–Trinajstić information content (AvgIpc) is 2.75. The maximum Gasteiger partial charge on any atom is 0.417 e. The van der Waals surface area contributed by atoms with Gasteiger partial charge in [0.25, 0.3) is 5.56 Å². The number of halogens is 4. The van der Waals surface area contributed by atoms with Crippen molar-refractivity contribution in [1.29, 1.82) is 0 Å². The van der Waals surface area contributed by atoms with E-state index in [1.807, 2.05) is 20.8 Å². The number of thioether (sulfide) groups is 1. The van der Waals surface area contributed by atoms with Crippen LogP contribution in [0.25, 0.3) is 0 Å². The minimum atomic E-state index is -4.54. The van der Waals surface area contributed by atoms with E-state index in [9.17, 15) is 27.6 Å². The Bertz CT molecular complexity index is 1150. The number of hydrogen-bond acceptors (Lipinski definition) is 6. The molecule has 35 heavy (non-hydrogen) atoms. The van der Waals surface area contributed by atoms with E-state index >= 15 is 0 Å². The van der Waals surface area contributed by atoms with Crippen LogP contribution in [0, 0.1) is 5.92 Å². The van der Waals surface area contributed by atoms with Gasteiger partial charge in [-0.05, 0) is 24.8 Å². The molecule has 8 nitrogen and oxygen atoms in total. The predicted octanol–water partition coefficient (Wildman–Crippen LogP) is 4.55. The van der Waals surface area contributed by atoms with Crippen molar-refractivity contribution in [3.05, 3.63) is 43.7 Å². The zero-order chi connectivity index (χ0) is 26.3. The highest BCUT2D eigenvalue weighted by atomic mass is 35.5. The smallest absolute Gasteiger partial charge is 0.383 e. The normalized spacial score (nSPS) is 11.8. The fraction of sp³-hybridized carbons (Fsp3) is 0.545. The number of hydrogen-bond donors (Lipinski definition) is 2. The number of pyridine rings is 1. The van der Waals surface area contributed by atoms with Crippen LogP contribution >= 0.6 is 23.4 Å². The quantitative estimate of drug-likeness (QED) is 0.322. The number of anilines is 2. The molecule has 0 unspecified atom stereocenters. The number of H-pyrrole nitrogens is 1. The molecule has 3 N–H and O–H groups in total. The molecule has 0 atom stereocenters. The summed E-state index contributed by atoms with van der Waals surface area (Å²) in [6.45, 7) is 6.25. The van der Waals surface area contributed by atoms with E-state index in [-0.39, 0.29) is 46.3 Å². The third kappa shape index (κ3) is 7.76. The van der Waals surface area contributed by atoms with Gasteiger partial charge in [0.15, 0.2) is 5.69 Å². The molecule has 0 spiro atoms. The van der Waals surface area contributed by atoms with E-state index in [1.165, 1.54) is 9.47 Å². The zero-order valence-corrected chi connectivity index (χ0v) is 21.3. The number of nitrogens with one attached hydrogen (secondary N) is 1. The van der Waals surface area contributed by atoms with E-state index in [4.69, 9.17) is 17.3 Å². The second-order valence-corrected chi connectivity index (χ2v) is 9.85. The summed E-state index contributed by atoms with van der Waals surface area (Å²) in [4.78, 5) is 45.2. The molecule has 0 saturated carbocycles. The topological polar surface area (TPSA) is 114 Å². The number of aromatic nitrogens is 3. The summed E-state index contributed by atoms with van der Waals surface area (Å²) < 4.78 is 39.6. The van der Waals surface area contributed by atoms with Crippen LogP contribution in [0.5, 0.6) is 0 Å². The second-order valence-electron chi connectivity index (χ2n) is 8.36. The van der Waals surface area contributed by atoms with Crippen LogP contribution in [0.3, 0.4) is 0 Å². The van der Waals surface area contributed by atoms with Crippen molar-refractivity contribution in [3.63, 3.8) is 0 Å². The summed E-state index contributed by atoms with van der Waals surface area (Å²) in [5.74, 6) is -0.0421. The Morgan fingerprint density at radius 2 is 2.00 bits per heavy atom. The molecule has 0 saturated heterocycles. The van der Waals surface area contributed by atoms with Gasteiger partial charge in [0.2, 0.25) is 5.91 Å². The number of carbonyl (C=O) groups excluding carboxylic acids is 1. The molecule has 0 fully saturated rings. The fourth-order valence-electron chi connectivity index (χ4n) is 3.27. The molecule has 0 bridgehead atoms. The number of amides is 1. The molecule has 2 rings (SSSR count). The first-order valence-electron chi connectivity index (χ1n) is 11.1. The van der Waals surface area contributed by atoms with Crippen LogP contribution in [-0.4, -0.2) is 32.7 Å². The van der Waals surface area contributed by atoms with Crippen LogP contribution in [0.15, 0.2) is 26.9 Å². The average molecular weight is 536 g/mol. The molecule has 2 aromatic heterocycles. The molecule has 194 valence electrons. The van der Waals surface area contributed by atoms with Crippen molar-refractivity contribution in [2.75, 3.05) is 22.9 Å². The lowest BCUT2D eigenvalue weighted by atomic mass is 10.1. The minimum Gasteiger partial charge on any atom is -0.383 e. The van der Waals surface area contributed by atoms with Gasteiger partial charge in [-0.15, -0.1) is 11.8 Å². The molecule has 0 aliphatic carbocycles. The van der Waals surface area contributed by atoms with Gasteiger partial charge in [-0.1, -0.05) is 38.8 Å². The highest BCUT2D eigenvalue weighted by molar-refractivity contribution is 7.99. The molecular formula is C22H29ClF3N5O3S. The van der Waals surface area contributed by atoms with Gasteiger partial charge in [-0.2, -0.15) is 13.2 Å². The third-order valence-corrected chi connectivity index (χ3v) is 6.47. The highest BCUT2D eigenvalue weighted by Crippen LogP contribution is 2.34. The summed E-state index contributed by atoms with van der Waals surface area (Å²) in [6.07, 6.45) is -1.94. The maximum atomic E-state index is 13.1. The van der Waals surface area contributed by atoms with E-state index in [0.717, 1.165) is 24.2 Å². The number of rotatable bonds is 11. The molecule has 0 radical (unpaired) electrons. The largest absolute Gasteiger partial charge is 0.417 e. The van der Waals surface area contributed by atoms with Crippen LogP contribution < -0.4 is 21.9 Å². The van der Waals surface area contributed by atoms with E-state index in [0.29, 0.717) is 31.3 Å². The van der Waals surface area contributed by atoms with Gasteiger partial charge in [0, 0.05) is 31.5 Å². The zero-order valence-electron chi connectivity index (χ0n) is 19.7. The van der Waals surface area contributed by atoms with E-state index in [1.54, 1.807) is 0 Å². The Kier molecular flexibility index (Phi) is 10.3. The Labute approximate surface area is 210 Å². The summed E-state index contributed by atoms with van der Waals surface area (Å²) >= 11 is 7.06. The van der Waals surface area contributed by atoms with Crippen LogP contribution in [0.2, 0.25) is 5.02 Å². The monoisotopic (exact) mass is 535 g/mol. The fourth-order valence-corrected chi connectivity index (χ4v) is 4.41.